The van der Waals surface area contributed by atoms with E-state index in [1.807, 2.05) is 0 Å². The molecular formula is C14H22Cl2N2O2S. The molecule has 4 nitrogen and oxygen atoms in total. The summed E-state index contributed by atoms with van der Waals surface area (Å²) in [6, 6.07) is 6.09. The van der Waals surface area contributed by atoms with Crippen LogP contribution in [0.2, 0.25) is 5.02 Å². The molecule has 3 N–H and O–H groups in total. The Labute approximate surface area is 137 Å². The Kier molecular flexibility index (Phi) is 7.44. The van der Waals surface area contributed by atoms with Crippen LogP contribution in [-0.4, -0.2) is 21.0 Å². The maximum Gasteiger partial charge on any atom is 0.240 e. The largest absolute Gasteiger partial charge is 0.329 e. The Morgan fingerprint density at radius 2 is 1.95 bits per heavy atom. The van der Waals surface area contributed by atoms with Crippen LogP contribution < -0.4 is 10.5 Å². The van der Waals surface area contributed by atoms with Gasteiger partial charge >= 0.3 is 0 Å². The molecule has 2 rings (SSSR count). The first-order valence-corrected chi connectivity index (χ1v) is 8.87. The highest BCUT2D eigenvalue weighted by molar-refractivity contribution is 7.89. The van der Waals surface area contributed by atoms with Crippen LogP contribution in [0, 0.1) is 5.92 Å². The van der Waals surface area contributed by atoms with Crippen LogP contribution in [0.1, 0.15) is 32.1 Å². The lowest BCUT2D eigenvalue weighted by Gasteiger charge is -2.29. The molecule has 1 aliphatic rings. The van der Waals surface area contributed by atoms with Gasteiger partial charge in [0.25, 0.3) is 0 Å². The first kappa shape index (κ1) is 18.7. The van der Waals surface area contributed by atoms with Gasteiger partial charge in [-0.15, -0.1) is 12.4 Å². The molecule has 0 bridgehead atoms. The number of hydrogen-bond donors (Lipinski definition) is 2. The Hall–Kier alpha value is -0.330. The third-order valence-electron chi connectivity index (χ3n) is 3.89. The van der Waals surface area contributed by atoms with E-state index in [0.717, 1.165) is 25.7 Å². The van der Waals surface area contributed by atoms with Crippen LogP contribution in [-0.2, 0) is 10.0 Å². The minimum Gasteiger partial charge on any atom is -0.329 e. The topological polar surface area (TPSA) is 72.2 Å². The van der Waals surface area contributed by atoms with Crippen molar-refractivity contribution in [2.45, 2.75) is 43.0 Å². The summed E-state index contributed by atoms with van der Waals surface area (Å²) < 4.78 is 27.5. The zero-order valence-corrected chi connectivity index (χ0v) is 14.2. The van der Waals surface area contributed by atoms with Gasteiger partial charge in [0, 0.05) is 17.6 Å². The number of sulfonamides is 1. The number of nitrogens with one attached hydrogen (secondary N) is 1. The van der Waals surface area contributed by atoms with Crippen LogP contribution in [0.4, 0.5) is 0 Å². The Bertz CT molecular complexity index is 546. The molecule has 120 valence electrons. The molecule has 0 spiro atoms. The highest BCUT2D eigenvalue weighted by Crippen LogP contribution is 2.27. The average Bonchev–Trinajstić information content (AvgIpc) is 2.46. The van der Waals surface area contributed by atoms with Crippen LogP contribution >= 0.6 is 24.0 Å². The van der Waals surface area contributed by atoms with E-state index in [1.54, 1.807) is 18.2 Å². The van der Waals surface area contributed by atoms with Gasteiger partial charge in [-0.25, -0.2) is 13.1 Å². The van der Waals surface area contributed by atoms with Gasteiger partial charge in [0.2, 0.25) is 10.0 Å². The quantitative estimate of drug-likeness (QED) is 0.855. The molecule has 0 radical (unpaired) electrons. The lowest BCUT2D eigenvalue weighted by atomic mass is 9.84. The standard InChI is InChI=1S/C14H21ClN2O2S.ClH/c15-12-7-4-8-13(9-12)20(18,19)17-14(10-16)11-5-2-1-3-6-11;/h4,7-9,11,14,17H,1-3,5-6,10,16H2;1H. The predicted molar refractivity (Wildman–Crippen MR) is 88.4 cm³/mol. The molecule has 0 saturated heterocycles. The highest BCUT2D eigenvalue weighted by Gasteiger charge is 2.27. The average molecular weight is 353 g/mol. The van der Waals surface area contributed by atoms with E-state index in [2.05, 4.69) is 4.72 Å². The van der Waals surface area contributed by atoms with E-state index >= 15 is 0 Å². The Balaban J connectivity index is 0.00000220. The number of benzene rings is 1. The van der Waals surface area contributed by atoms with Gasteiger partial charge < -0.3 is 5.73 Å². The smallest absolute Gasteiger partial charge is 0.240 e. The zero-order valence-electron chi connectivity index (χ0n) is 11.8. The minimum absolute atomic E-state index is 0. The molecule has 0 amide bonds. The zero-order chi connectivity index (χ0) is 14.6. The van der Waals surface area contributed by atoms with Crippen molar-refractivity contribution in [2.75, 3.05) is 6.54 Å². The van der Waals surface area contributed by atoms with Crippen molar-refractivity contribution in [3.63, 3.8) is 0 Å². The van der Waals surface area contributed by atoms with E-state index in [1.165, 1.54) is 12.5 Å². The third kappa shape index (κ3) is 5.11. The molecule has 1 fully saturated rings. The molecule has 1 atom stereocenters. The van der Waals surface area contributed by atoms with E-state index in [4.69, 9.17) is 17.3 Å². The summed E-state index contributed by atoms with van der Waals surface area (Å²) in [7, 11) is -3.56. The molecule has 0 aliphatic heterocycles. The van der Waals surface area contributed by atoms with Crippen molar-refractivity contribution in [3.05, 3.63) is 29.3 Å². The number of rotatable bonds is 5. The fourth-order valence-corrected chi connectivity index (χ4v) is 4.39. The predicted octanol–water partition coefficient (Wildman–Crippen LogP) is 2.95. The fraction of sp³-hybridized carbons (Fsp3) is 0.571. The van der Waals surface area contributed by atoms with Gasteiger partial charge in [0.1, 0.15) is 0 Å². The van der Waals surface area contributed by atoms with E-state index in [0.29, 0.717) is 17.5 Å². The monoisotopic (exact) mass is 352 g/mol. The molecule has 1 aromatic rings. The van der Waals surface area contributed by atoms with Crippen molar-refractivity contribution in [2.24, 2.45) is 11.7 Å². The van der Waals surface area contributed by atoms with Crippen LogP contribution in [0.3, 0.4) is 0 Å². The molecule has 1 saturated carbocycles. The second-order valence-electron chi connectivity index (χ2n) is 5.32. The maximum atomic E-state index is 12.4. The molecule has 0 aromatic heterocycles. The maximum absolute atomic E-state index is 12.4. The van der Waals surface area contributed by atoms with Crippen molar-refractivity contribution in [3.8, 4) is 0 Å². The highest BCUT2D eigenvalue weighted by atomic mass is 35.5. The molecule has 7 heteroatoms. The normalized spacial score (nSPS) is 18.0. The van der Waals surface area contributed by atoms with E-state index < -0.39 is 10.0 Å². The Morgan fingerprint density at radius 1 is 1.29 bits per heavy atom. The second-order valence-corrected chi connectivity index (χ2v) is 7.47. The SMILES string of the molecule is Cl.NCC(NS(=O)(=O)c1cccc(Cl)c1)C1CCCCC1. The number of halogens is 2. The number of hydrogen-bond acceptors (Lipinski definition) is 3. The lowest BCUT2D eigenvalue weighted by Crippen LogP contribution is -2.45. The van der Waals surface area contributed by atoms with E-state index in [-0.39, 0.29) is 23.3 Å². The van der Waals surface area contributed by atoms with Crippen molar-refractivity contribution in [1.29, 1.82) is 0 Å². The van der Waals surface area contributed by atoms with Gasteiger partial charge in [0.15, 0.2) is 0 Å². The summed E-state index contributed by atoms with van der Waals surface area (Å²) in [5.41, 5.74) is 5.77. The molecule has 0 heterocycles. The summed E-state index contributed by atoms with van der Waals surface area (Å²) >= 11 is 5.85. The Morgan fingerprint density at radius 3 is 2.52 bits per heavy atom. The molecule has 1 aliphatic carbocycles. The summed E-state index contributed by atoms with van der Waals surface area (Å²) in [5, 5.41) is 0.412. The van der Waals surface area contributed by atoms with Crippen molar-refractivity contribution < 1.29 is 8.42 Å². The van der Waals surface area contributed by atoms with Gasteiger partial charge in [0.05, 0.1) is 4.90 Å². The molecule has 1 unspecified atom stereocenters. The van der Waals surface area contributed by atoms with Gasteiger partial charge in [-0.05, 0) is 37.0 Å². The van der Waals surface area contributed by atoms with E-state index in [9.17, 15) is 8.42 Å². The summed E-state index contributed by atoms with van der Waals surface area (Å²) in [6.45, 7) is 0.324. The molecule has 21 heavy (non-hydrogen) atoms. The summed E-state index contributed by atoms with van der Waals surface area (Å²) in [6.07, 6.45) is 5.62. The van der Waals surface area contributed by atoms with Crippen molar-refractivity contribution >= 4 is 34.0 Å². The third-order valence-corrected chi connectivity index (χ3v) is 5.61. The van der Waals surface area contributed by atoms with Gasteiger partial charge in [-0.2, -0.15) is 0 Å². The van der Waals surface area contributed by atoms with Gasteiger partial charge in [-0.1, -0.05) is 36.9 Å². The first-order valence-electron chi connectivity index (χ1n) is 7.01. The summed E-state index contributed by atoms with van der Waals surface area (Å²) in [4.78, 5) is 0.194. The molecular weight excluding hydrogens is 331 g/mol. The first-order chi connectivity index (χ1) is 9.53. The van der Waals surface area contributed by atoms with Crippen molar-refractivity contribution in [1.82, 2.24) is 4.72 Å². The fourth-order valence-electron chi connectivity index (χ4n) is 2.77. The minimum atomic E-state index is -3.56. The van der Waals surface area contributed by atoms with Gasteiger partial charge in [-0.3, -0.25) is 0 Å². The second kappa shape index (κ2) is 8.34. The van der Waals surface area contributed by atoms with Crippen LogP contribution in [0.25, 0.3) is 0 Å². The van der Waals surface area contributed by atoms with Crippen LogP contribution in [0.15, 0.2) is 29.2 Å². The lowest BCUT2D eigenvalue weighted by molar-refractivity contribution is 0.294. The molecule has 1 aromatic carbocycles. The van der Waals surface area contributed by atoms with Crippen LogP contribution in [0.5, 0.6) is 0 Å². The summed E-state index contributed by atoms with van der Waals surface area (Å²) in [5.74, 6) is 0.336. The number of nitrogens with two attached hydrogens (primary N) is 1.